The van der Waals surface area contributed by atoms with Crippen LogP contribution in [0.5, 0.6) is 0 Å². The maximum absolute atomic E-state index is 12.5. The zero-order chi connectivity index (χ0) is 45.9. The molecule has 4 aliphatic rings. The Bertz CT molecular complexity index is 2690. The highest BCUT2D eigenvalue weighted by molar-refractivity contribution is 6.08. The molecule has 0 spiro atoms. The van der Waals surface area contributed by atoms with Crippen LogP contribution in [0, 0.1) is 0 Å². The smallest absolute Gasteiger partial charge is 0.333 e. The van der Waals surface area contributed by atoms with Crippen LogP contribution < -0.4 is 4.90 Å². The van der Waals surface area contributed by atoms with Crippen LogP contribution in [0.3, 0.4) is 0 Å². The molecule has 2 saturated heterocycles. The molecular formula is C53H57N4O8+. The number of amides is 4. The molecule has 2 fully saturated rings. The first-order valence-electron chi connectivity index (χ1n) is 22.9. The van der Waals surface area contributed by atoms with Gasteiger partial charge in [-0.1, -0.05) is 93.1 Å². The van der Waals surface area contributed by atoms with Crippen LogP contribution in [0.15, 0.2) is 109 Å². The van der Waals surface area contributed by atoms with E-state index in [0.29, 0.717) is 23.0 Å². The minimum Gasteiger partial charge on any atom is -0.344 e. The van der Waals surface area contributed by atoms with Gasteiger partial charge in [-0.2, -0.15) is 4.58 Å². The number of anilines is 1. The second kappa shape index (κ2) is 18.8. The van der Waals surface area contributed by atoms with Gasteiger partial charge >= 0.3 is 11.9 Å². The molecule has 0 atom stereocenters. The maximum atomic E-state index is 12.5. The minimum atomic E-state index is -0.571. The highest BCUT2D eigenvalue weighted by Gasteiger charge is 2.45. The van der Waals surface area contributed by atoms with Gasteiger partial charge in [0, 0.05) is 86.0 Å². The van der Waals surface area contributed by atoms with Crippen LogP contribution in [-0.4, -0.2) is 69.1 Å². The lowest BCUT2D eigenvalue weighted by Crippen LogP contribution is -2.32. The van der Waals surface area contributed by atoms with E-state index in [2.05, 4.69) is 140 Å². The predicted molar refractivity (Wildman–Crippen MR) is 249 cm³/mol. The van der Waals surface area contributed by atoms with Crippen LogP contribution in [0.1, 0.15) is 116 Å². The second-order valence-electron chi connectivity index (χ2n) is 18.3. The van der Waals surface area contributed by atoms with Crippen molar-refractivity contribution in [2.75, 3.05) is 18.0 Å². The normalized spacial score (nSPS) is 18.5. The molecule has 4 aromatic carbocycles. The molecule has 4 heterocycles. The van der Waals surface area contributed by atoms with Gasteiger partial charge in [0.1, 0.15) is 6.54 Å². The quantitative estimate of drug-likeness (QED) is 0.0440. The fraction of sp³-hybridized carbons (Fsp3) is 0.377. The molecule has 4 amide bonds. The number of carbonyl (C=O) groups is 6. The van der Waals surface area contributed by atoms with Gasteiger partial charge in [-0.3, -0.25) is 19.2 Å². The first-order chi connectivity index (χ1) is 31.3. The van der Waals surface area contributed by atoms with E-state index in [0.717, 1.165) is 38.8 Å². The van der Waals surface area contributed by atoms with Crippen LogP contribution in [0.4, 0.5) is 11.4 Å². The van der Waals surface area contributed by atoms with E-state index in [1.54, 1.807) is 0 Å². The van der Waals surface area contributed by atoms with Crippen molar-refractivity contribution >= 4 is 74.2 Å². The molecule has 65 heavy (non-hydrogen) atoms. The number of carbonyl (C=O) groups excluding carboxylic acids is 6. The zero-order valence-corrected chi connectivity index (χ0v) is 37.8. The monoisotopic (exact) mass is 877 g/mol. The molecule has 0 bridgehead atoms. The van der Waals surface area contributed by atoms with Crippen LogP contribution in [0.25, 0.3) is 21.5 Å². The molecule has 4 aliphatic heterocycles. The number of benzene rings is 4. The molecule has 0 radical (unpaired) electrons. The first kappa shape index (κ1) is 44.9. The van der Waals surface area contributed by atoms with E-state index in [1.165, 1.54) is 55.5 Å². The summed E-state index contributed by atoms with van der Waals surface area (Å²) in [5.41, 5.74) is 6.67. The standard InChI is InChI=1S/C53H57N4O8/c1-52(2)42(54(40-28-26-36-18-12-14-20-38(36)50(40)52)34-16-6-10-24-48(62)64-56-44(58)30-31-45(56)59)22-8-5-9-23-43-53(3,4)51-39-21-15-13-19-37(39)27-29-41(51)55(43)35-17-7-11-25-49(63)65-57-46(60)32-33-47(57)61/h5,8-9,12-15,18-23,26-29H,6-7,10-11,16-17,24-25,30-35H2,1-4H3/q+1. The van der Waals surface area contributed by atoms with Crippen molar-refractivity contribution in [2.24, 2.45) is 0 Å². The number of hydroxylamine groups is 4. The Morgan fingerprint density at radius 3 is 1.74 bits per heavy atom. The third kappa shape index (κ3) is 9.03. The minimum absolute atomic E-state index is 0.0708. The van der Waals surface area contributed by atoms with E-state index in [-0.39, 0.29) is 49.4 Å². The number of hydrogen-bond acceptors (Lipinski definition) is 9. The van der Waals surface area contributed by atoms with Crippen LogP contribution >= 0.6 is 0 Å². The van der Waals surface area contributed by atoms with Crippen molar-refractivity contribution in [3.05, 3.63) is 120 Å². The molecule has 0 N–H and O–H groups in total. The molecule has 0 unspecified atom stereocenters. The Balaban J connectivity index is 0.985. The molecule has 0 aliphatic carbocycles. The average molecular weight is 878 g/mol. The van der Waals surface area contributed by atoms with Gasteiger partial charge < -0.3 is 14.6 Å². The molecule has 4 aromatic rings. The molecule has 0 aromatic heterocycles. The lowest BCUT2D eigenvalue weighted by atomic mass is 9.79. The van der Waals surface area contributed by atoms with Gasteiger partial charge in [0.15, 0.2) is 5.71 Å². The number of hydrogen-bond donors (Lipinski definition) is 0. The van der Waals surface area contributed by atoms with Crippen molar-refractivity contribution < 1.29 is 43.0 Å². The van der Waals surface area contributed by atoms with Crippen molar-refractivity contribution in [3.8, 4) is 0 Å². The molecule has 336 valence electrons. The molecule has 12 nitrogen and oxygen atoms in total. The van der Waals surface area contributed by atoms with Crippen molar-refractivity contribution in [1.82, 2.24) is 10.1 Å². The maximum Gasteiger partial charge on any atom is 0.333 e. The van der Waals surface area contributed by atoms with Gasteiger partial charge in [0.2, 0.25) is 5.69 Å². The molecule has 0 saturated carbocycles. The summed E-state index contributed by atoms with van der Waals surface area (Å²) >= 11 is 0. The third-order valence-corrected chi connectivity index (χ3v) is 13.2. The fourth-order valence-electron chi connectivity index (χ4n) is 9.95. The lowest BCUT2D eigenvalue weighted by Gasteiger charge is -2.27. The Kier molecular flexibility index (Phi) is 13.0. The Morgan fingerprint density at radius 2 is 1.14 bits per heavy atom. The number of rotatable bonds is 17. The predicted octanol–water partition coefficient (Wildman–Crippen LogP) is 9.50. The van der Waals surface area contributed by atoms with Crippen molar-refractivity contribution in [1.29, 1.82) is 0 Å². The fourth-order valence-corrected chi connectivity index (χ4v) is 9.95. The summed E-state index contributed by atoms with van der Waals surface area (Å²) in [6.45, 7) is 10.6. The number of fused-ring (bicyclic) bond motifs is 6. The highest BCUT2D eigenvalue weighted by Crippen LogP contribution is 2.51. The summed E-state index contributed by atoms with van der Waals surface area (Å²) in [5.74, 6) is -3.03. The summed E-state index contributed by atoms with van der Waals surface area (Å²) < 4.78 is 2.40. The second-order valence-corrected chi connectivity index (χ2v) is 18.3. The van der Waals surface area contributed by atoms with Crippen molar-refractivity contribution in [2.45, 2.75) is 116 Å². The van der Waals surface area contributed by atoms with Crippen LogP contribution in [0.2, 0.25) is 0 Å². The Labute approximate surface area is 379 Å². The Morgan fingerprint density at radius 1 is 0.600 bits per heavy atom. The Hall–Kier alpha value is -6.69. The summed E-state index contributed by atoms with van der Waals surface area (Å²) in [6, 6.07) is 25.8. The van der Waals surface area contributed by atoms with E-state index < -0.39 is 35.6 Å². The number of imide groups is 2. The van der Waals surface area contributed by atoms with Crippen LogP contribution in [-0.2, 0) is 49.3 Å². The summed E-state index contributed by atoms with van der Waals surface area (Å²) in [4.78, 5) is 85.1. The molecule has 12 heteroatoms. The van der Waals surface area contributed by atoms with E-state index in [9.17, 15) is 28.8 Å². The summed E-state index contributed by atoms with van der Waals surface area (Å²) in [6.07, 6.45) is 15.6. The largest absolute Gasteiger partial charge is 0.344 e. The molecule has 8 rings (SSSR count). The number of unbranched alkanes of at least 4 members (excludes halogenated alkanes) is 4. The van der Waals surface area contributed by atoms with Gasteiger partial charge in [0.05, 0.1) is 5.41 Å². The zero-order valence-electron chi connectivity index (χ0n) is 37.8. The van der Waals surface area contributed by atoms with Crippen molar-refractivity contribution in [3.63, 3.8) is 0 Å². The topological polar surface area (TPSA) is 134 Å². The average Bonchev–Trinajstić information content (AvgIpc) is 3.92. The summed E-state index contributed by atoms with van der Waals surface area (Å²) in [5, 5.41) is 6.06. The SMILES string of the molecule is CC1(C)C(=CC=CC=CC2=[N+](CCCCCC(=O)ON3C(=O)CCC3=O)c3ccc4ccccc4c3C2(C)C)N(CCCCCC(=O)ON2C(=O)CCC2=O)c2ccc3ccccc3c21. The summed E-state index contributed by atoms with van der Waals surface area (Å²) in [7, 11) is 0. The van der Waals surface area contributed by atoms with E-state index in [4.69, 9.17) is 9.68 Å². The van der Waals surface area contributed by atoms with Gasteiger partial charge in [-0.15, -0.1) is 10.1 Å². The van der Waals surface area contributed by atoms with Gasteiger partial charge in [-0.05, 0) is 84.8 Å². The lowest BCUT2D eigenvalue weighted by molar-refractivity contribution is -0.438. The van der Waals surface area contributed by atoms with Gasteiger partial charge in [0.25, 0.3) is 23.6 Å². The highest BCUT2D eigenvalue weighted by atomic mass is 16.7. The number of allylic oxidation sites excluding steroid dienone is 6. The van der Waals surface area contributed by atoms with E-state index in [1.807, 2.05) is 0 Å². The third-order valence-electron chi connectivity index (χ3n) is 13.2. The van der Waals surface area contributed by atoms with E-state index >= 15 is 0 Å². The molecular weight excluding hydrogens is 821 g/mol. The first-order valence-corrected chi connectivity index (χ1v) is 22.9. The number of nitrogens with zero attached hydrogens (tertiary/aromatic N) is 4. The van der Waals surface area contributed by atoms with Gasteiger partial charge in [-0.25, -0.2) is 9.59 Å².